The first-order chi connectivity index (χ1) is 18.8. The lowest BCUT2D eigenvalue weighted by molar-refractivity contribution is -0.159. The van der Waals surface area contributed by atoms with Gasteiger partial charge in [-0.2, -0.15) is 0 Å². The van der Waals surface area contributed by atoms with Crippen LogP contribution in [0.4, 0.5) is 0 Å². The Morgan fingerprint density at radius 2 is 1.87 bits per heavy atom. The molecule has 0 bridgehead atoms. The number of carbonyl (C=O) groups is 3. The van der Waals surface area contributed by atoms with Gasteiger partial charge in [-0.05, 0) is 37.7 Å². The molecule has 1 spiro atoms. The molecule has 9 heteroatoms. The standard InChI is InChI=1S/C30H42ClNO7/c1-5-6-12-38-29(35)20-14-18(17-10-8-7-9-11-17)23-19(32-20)13-16(2)30(27(23)33)28(34)24-21(36-3)15-22(37-4)25(31)26(24)39-30/h14,16-18,21-22,24-26,32H,5-13,15H2,1-4H3/t16-,18?,21?,22?,24?,25?,26?,30+/m1/s1. The molecule has 0 aromatic carbocycles. The van der Waals surface area contributed by atoms with Gasteiger partial charge in [0.25, 0.3) is 0 Å². The summed E-state index contributed by atoms with van der Waals surface area (Å²) in [7, 11) is 3.16. The van der Waals surface area contributed by atoms with Crippen LogP contribution in [0.2, 0.25) is 0 Å². The minimum atomic E-state index is -1.62. The van der Waals surface area contributed by atoms with Crippen LogP contribution in [0.25, 0.3) is 0 Å². The van der Waals surface area contributed by atoms with Gasteiger partial charge in [0.15, 0.2) is 11.4 Å². The van der Waals surface area contributed by atoms with Gasteiger partial charge in [0, 0.05) is 43.7 Å². The van der Waals surface area contributed by atoms with E-state index in [0.717, 1.165) is 38.5 Å². The lowest BCUT2D eigenvalue weighted by atomic mass is 9.63. The molecule has 2 heterocycles. The molecule has 8 nitrogen and oxygen atoms in total. The summed E-state index contributed by atoms with van der Waals surface area (Å²) >= 11 is 6.81. The van der Waals surface area contributed by atoms with E-state index in [4.69, 9.17) is 30.5 Å². The zero-order valence-electron chi connectivity index (χ0n) is 23.5. The van der Waals surface area contributed by atoms with Crippen molar-refractivity contribution in [2.24, 2.45) is 23.7 Å². The molecule has 3 fully saturated rings. The first-order valence-electron chi connectivity index (χ1n) is 14.6. The highest BCUT2D eigenvalue weighted by Gasteiger charge is 2.68. The number of esters is 1. The smallest absolute Gasteiger partial charge is 0.354 e. The highest BCUT2D eigenvalue weighted by molar-refractivity contribution is 6.24. The number of rotatable bonds is 7. The number of unbranched alkanes of at least 4 members (excludes halogenated alkanes) is 1. The molecular weight excluding hydrogens is 522 g/mol. The van der Waals surface area contributed by atoms with Crippen molar-refractivity contribution in [2.45, 2.75) is 101 Å². The molecular formula is C30H42ClNO7. The third-order valence-corrected chi connectivity index (χ3v) is 10.2. The molecule has 216 valence electrons. The number of carbonyl (C=O) groups excluding carboxylic acids is 3. The van der Waals surface area contributed by atoms with Gasteiger partial charge in [0.05, 0.1) is 36.2 Å². The largest absolute Gasteiger partial charge is 0.461 e. The Kier molecular flexibility index (Phi) is 8.58. The zero-order chi connectivity index (χ0) is 27.9. The topological polar surface area (TPSA) is 100 Å². The van der Waals surface area contributed by atoms with Crippen LogP contribution < -0.4 is 5.32 Å². The molecule has 39 heavy (non-hydrogen) atoms. The minimum Gasteiger partial charge on any atom is -0.461 e. The number of hydrogen-bond donors (Lipinski definition) is 1. The SMILES string of the molecule is CCCCOC(=O)C1=CC(C2CCCCC2)C2=C(C[C@@H](C)[C@]3(OC4C(Cl)C(OC)CC(OC)C4C3=O)C2=O)N1. The summed E-state index contributed by atoms with van der Waals surface area (Å²) in [4.78, 5) is 41.9. The summed E-state index contributed by atoms with van der Waals surface area (Å²) in [6, 6.07) is 0. The maximum atomic E-state index is 14.6. The van der Waals surface area contributed by atoms with E-state index >= 15 is 0 Å². The Morgan fingerprint density at radius 3 is 2.54 bits per heavy atom. The normalized spacial score (nSPS) is 38.8. The summed E-state index contributed by atoms with van der Waals surface area (Å²) < 4.78 is 23.4. The number of fused-ring (bicyclic) bond motifs is 1. The van der Waals surface area contributed by atoms with E-state index in [1.54, 1.807) is 14.2 Å². The predicted molar refractivity (Wildman–Crippen MR) is 145 cm³/mol. The molecule has 0 radical (unpaired) electrons. The van der Waals surface area contributed by atoms with Crippen LogP contribution >= 0.6 is 11.6 Å². The van der Waals surface area contributed by atoms with Gasteiger partial charge in [-0.3, -0.25) is 9.59 Å². The molecule has 3 aliphatic carbocycles. The summed E-state index contributed by atoms with van der Waals surface area (Å²) in [5.74, 6) is -2.07. The van der Waals surface area contributed by atoms with Crippen molar-refractivity contribution in [3.8, 4) is 0 Å². The van der Waals surface area contributed by atoms with E-state index in [1.807, 2.05) is 19.9 Å². The van der Waals surface area contributed by atoms with Crippen LogP contribution in [0.1, 0.15) is 71.6 Å². The lowest BCUT2D eigenvalue weighted by Crippen LogP contribution is -2.57. The molecule has 1 N–H and O–H groups in total. The molecule has 5 rings (SSSR count). The van der Waals surface area contributed by atoms with Crippen molar-refractivity contribution in [3.05, 3.63) is 23.0 Å². The molecule has 0 aromatic heterocycles. The molecule has 5 aliphatic rings. The number of ether oxygens (including phenoxy) is 4. The maximum Gasteiger partial charge on any atom is 0.354 e. The third kappa shape index (κ3) is 4.79. The average Bonchev–Trinajstić information content (AvgIpc) is 3.26. The van der Waals surface area contributed by atoms with Gasteiger partial charge in [-0.15, -0.1) is 11.6 Å². The van der Waals surface area contributed by atoms with Crippen LogP contribution in [-0.2, 0) is 33.3 Å². The van der Waals surface area contributed by atoms with E-state index < -0.39 is 41.0 Å². The van der Waals surface area contributed by atoms with Crippen molar-refractivity contribution >= 4 is 29.1 Å². The van der Waals surface area contributed by atoms with Gasteiger partial charge in [-0.25, -0.2) is 4.79 Å². The number of nitrogens with one attached hydrogen (secondary N) is 1. The van der Waals surface area contributed by atoms with Crippen molar-refractivity contribution in [2.75, 3.05) is 20.8 Å². The number of hydrogen-bond acceptors (Lipinski definition) is 8. The fourth-order valence-corrected chi connectivity index (χ4v) is 7.94. The first-order valence-corrected chi connectivity index (χ1v) is 15.1. The Balaban J connectivity index is 1.51. The van der Waals surface area contributed by atoms with Gasteiger partial charge >= 0.3 is 5.97 Å². The van der Waals surface area contributed by atoms with Gasteiger partial charge in [0.2, 0.25) is 5.78 Å². The van der Waals surface area contributed by atoms with E-state index in [-0.39, 0.29) is 29.5 Å². The molecule has 8 atom stereocenters. The monoisotopic (exact) mass is 563 g/mol. The maximum absolute atomic E-state index is 14.6. The third-order valence-electron chi connectivity index (χ3n) is 9.67. The highest BCUT2D eigenvalue weighted by atomic mass is 35.5. The predicted octanol–water partition coefficient (Wildman–Crippen LogP) is 4.24. The van der Waals surface area contributed by atoms with Crippen molar-refractivity contribution < 1.29 is 33.3 Å². The van der Waals surface area contributed by atoms with E-state index in [2.05, 4.69) is 5.32 Å². The van der Waals surface area contributed by atoms with Crippen LogP contribution in [0.3, 0.4) is 0 Å². The summed E-state index contributed by atoms with van der Waals surface area (Å²) in [5, 5.41) is 2.67. The minimum absolute atomic E-state index is 0.211. The number of dihydropyridines is 1. The van der Waals surface area contributed by atoms with Crippen molar-refractivity contribution in [1.29, 1.82) is 0 Å². The Labute approximate surface area is 236 Å². The number of alkyl halides is 1. The number of allylic oxidation sites excluding steroid dienone is 2. The van der Waals surface area contributed by atoms with Gasteiger partial charge < -0.3 is 24.3 Å². The zero-order valence-corrected chi connectivity index (χ0v) is 24.3. The molecule has 2 saturated carbocycles. The lowest BCUT2D eigenvalue weighted by Gasteiger charge is -2.44. The van der Waals surface area contributed by atoms with Crippen LogP contribution in [0.5, 0.6) is 0 Å². The Bertz CT molecular complexity index is 1050. The van der Waals surface area contributed by atoms with Crippen molar-refractivity contribution in [1.82, 2.24) is 5.32 Å². The fourth-order valence-electron chi connectivity index (χ4n) is 7.53. The fraction of sp³-hybridized carbons (Fsp3) is 0.767. The Morgan fingerprint density at radius 1 is 1.15 bits per heavy atom. The average molecular weight is 564 g/mol. The first kappa shape index (κ1) is 28.8. The quantitative estimate of drug-likeness (QED) is 0.212. The second kappa shape index (κ2) is 11.6. The van der Waals surface area contributed by atoms with Crippen LogP contribution in [-0.4, -0.2) is 67.7 Å². The number of Topliss-reactive ketones (excluding diaryl/α,β-unsaturated/α-hetero) is 2. The van der Waals surface area contributed by atoms with Gasteiger partial charge in [-0.1, -0.05) is 39.5 Å². The van der Waals surface area contributed by atoms with Crippen molar-refractivity contribution in [3.63, 3.8) is 0 Å². The number of halogens is 1. The highest BCUT2D eigenvalue weighted by Crippen LogP contribution is 2.53. The van der Waals surface area contributed by atoms with Gasteiger partial charge in [0.1, 0.15) is 5.70 Å². The van der Waals surface area contributed by atoms with Crippen LogP contribution in [0.15, 0.2) is 23.0 Å². The second-order valence-corrected chi connectivity index (χ2v) is 12.4. The Hall–Kier alpha value is -1.74. The molecule has 0 amide bonds. The molecule has 0 aromatic rings. The number of methoxy groups -OCH3 is 2. The summed E-state index contributed by atoms with van der Waals surface area (Å²) in [6.45, 7) is 4.29. The molecule has 6 unspecified atom stereocenters. The molecule has 2 aliphatic heterocycles. The number of ketones is 2. The second-order valence-electron chi connectivity index (χ2n) is 11.9. The molecule has 1 saturated heterocycles. The van der Waals surface area contributed by atoms with E-state index in [1.165, 1.54) is 6.42 Å². The van der Waals surface area contributed by atoms with E-state index in [9.17, 15) is 14.4 Å². The summed E-state index contributed by atoms with van der Waals surface area (Å²) in [6.07, 6.45) is 8.27. The van der Waals surface area contributed by atoms with Crippen LogP contribution in [0, 0.1) is 23.7 Å². The van der Waals surface area contributed by atoms with E-state index in [0.29, 0.717) is 36.4 Å². The summed E-state index contributed by atoms with van der Waals surface area (Å²) in [5.41, 5.74) is 0.0697.